The van der Waals surface area contributed by atoms with Gasteiger partial charge in [-0.1, -0.05) is 29.8 Å². The fourth-order valence-electron chi connectivity index (χ4n) is 3.66. The Balaban J connectivity index is 1.87. The van der Waals surface area contributed by atoms with E-state index in [1.165, 1.54) is 0 Å². The average Bonchev–Trinajstić information content (AvgIpc) is 3.13. The third kappa shape index (κ3) is 4.75. The summed E-state index contributed by atoms with van der Waals surface area (Å²) in [5.74, 6) is -0.0896. The lowest BCUT2D eigenvalue weighted by atomic mass is 9.99. The molecular formula is C22H29ClN4O2. The second kappa shape index (κ2) is 8.49. The van der Waals surface area contributed by atoms with Crippen molar-refractivity contribution in [1.29, 1.82) is 0 Å². The van der Waals surface area contributed by atoms with E-state index in [0.29, 0.717) is 18.1 Å². The van der Waals surface area contributed by atoms with Gasteiger partial charge in [-0.15, -0.1) is 0 Å². The lowest BCUT2D eigenvalue weighted by molar-refractivity contribution is -0.134. The Bertz CT molecular complexity index is 887. The van der Waals surface area contributed by atoms with Gasteiger partial charge >= 0.3 is 6.03 Å². The predicted molar refractivity (Wildman–Crippen MR) is 115 cm³/mol. The zero-order valence-electron chi connectivity index (χ0n) is 17.5. The van der Waals surface area contributed by atoms with Crippen LogP contribution in [0, 0.1) is 0 Å². The molecule has 1 aromatic carbocycles. The maximum absolute atomic E-state index is 13.3. The van der Waals surface area contributed by atoms with Gasteiger partial charge < -0.3 is 19.7 Å². The van der Waals surface area contributed by atoms with Crippen LogP contribution in [0.15, 0.2) is 42.6 Å². The molecule has 0 saturated heterocycles. The van der Waals surface area contributed by atoms with E-state index in [-0.39, 0.29) is 30.1 Å². The second-order valence-corrected chi connectivity index (χ2v) is 8.74. The number of carbonyl (C=O) groups is 2. The Hall–Kier alpha value is -2.47. The molecule has 0 saturated carbocycles. The van der Waals surface area contributed by atoms with Gasteiger partial charge in [0.25, 0.3) is 0 Å². The van der Waals surface area contributed by atoms with Crippen LogP contribution in [0.5, 0.6) is 0 Å². The quantitative estimate of drug-likeness (QED) is 0.821. The van der Waals surface area contributed by atoms with E-state index in [4.69, 9.17) is 11.6 Å². The molecule has 0 unspecified atom stereocenters. The molecule has 0 radical (unpaired) electrons. The largest absolute Gasteiger partial charge is 0.348 e. The van der Waals surface area contributed by atoms with Gasteiger partial charge in [0.2, 0.25) is 5.91 Å². The van der Waals surface area contributed by atoms with Crippen molar-refractivity contribution < 1.29 is 9.59 Å². The van der Waals surface area contributed by atoms with Crippen LogP contribution >= 0.6 is 11.6 Å². The number of hydrogen-bond acceptors (Lipinski definition) is 2. The number of nitrogens with zero attached hydrogens (tertiary/aromatic N) is 3. The molecule has 1 aliphatic rings. The highest BCUT2D eigenvalue weighted by Gasteiger charge is 2.34. The van der Waals surface area contributed by atoms with Crippen molar-refractivity contribution >= 4 is 23.5 Å². The van der Waals surface area contributed by atoms with Crippen molar-refractivity contribution in [3.05, 3.63) is 58.9 Å². The topological polar surface area (TPSA) is 57.6 Å². The van der Waals surface area contributed by atoms with Crippen molar-refractivity contribution in [1.82, 2.24) is 19.7 Å². The molecule has 0 bridgehead atoms. The molecule has 1 N–H and O–H groups in total. The third-order valence-corrected chi connectivity index (χ3v) is 5.38. The van der Waals surface area contributed by atoms with Gasteiger partial charge in [0.05, 0.1) is 6.04 Å². The van der Waals surface area contributed by atoms with Crippen molar-refractivity contribution in [2.75, 3.05) is 19.6 Å². The number of fused-ring (bicyclic) bond motifs is 1. The van der Waals surface area contributed by atoms with Gasteiger partial charge in [-0.05, 0) is 51.5 Å². The van der Waals surface area contributed by atoms with Crippen LogP contribution < -0.4 is 5.32 Å². The summed E-state index contributed by atoms with van der Waals surface area (Å²) < 4.78 is 2.15. The van der Waals surface area contributed by atoms with Gasteiger partial charge in [0, 0.05) is 42.1 Å². The maximum Gasteiger partial charge on any atom is 0.318 e. The van der Waals surface area contributed by atoms with Crippen LogP contribution in [-0.2, 0) is 11.3 Å². The number of carbonyl (C=O) groups excluding carboxylic acids is 2. The molecule has 0 spiro atoms. The number of nitrogens with one attached hydrogen (secondary N) is 1. The SMILES string of the molecule is CCN(CC(=O)N1CCn2cccc2[C@H]1c1ccccc1Cl)C(=O)NC(C)(C)C. The summed E-state index contributed by atoms with van der Waals surface area (Å²) in [5.41, 5.74) is 1.56. The lowest BCUT2D eigenvalue weighted by Gasteiger charge is -2.39. The van der Waals surface area contributed by atoms with Crippen molar-refractivity contribution in [3.63, 3.8) is 0 Å². The first kappa shape index (κ1) is 21.2. The van der Waals surface area contributed by atoms with Crippen molar-refractivity contribution in [3.8, 4) is 0 Å². The zero-order chi connectivity index (χ0) is 21.2. The molecular weight excluding hydrogens is 388 g/mol. The molecule has 2 heterocycles. The van der Waals surface area contributed by atoms with Gasteiger partial charge in [-0.25, -0.2) is 4.79 Å². The van der Waals surface area contributed by atoms with Crippen LogP contribution in [0.1, 0.15) is 45.0 Å². The highest BCUT2D eigenvalue weighted by Crippen LogP contribution is 2.36. The number of halogens is 1. The van der Waals surface area contributed by atoms with E-state index in [1.807, 2.05) is 75.2 Å². The summed E-state index contributed by atoms with van der Waals surface area (Å²) in [5, 5.41) is 3.56. The molecule has 3 rings (SSSR count). The van der Waals surface area contributed by atoms with Crippen LogP contribution in [-0.4, -0.2) is 51.5 Å². The minimum Gasteiger partial charge on any atom is -0.348 e. The van der Waals surface area contributed by atoms with Crippen LogP contribution in [0.2, 0.25) is 5.02 Å². The van der Waals surface area contributed by atoms with Gasteiger partial charge in [-0.3, -0.25) is 4.79 Å². The van der Waals surface area contributed by atoms with E-state index in [0.717, 1.165) is 17.8 Å². The smallest absolute Gasteiger partial charge is 0.318 e. The van der Waals surface area contributed by atoms with E-state index < -0.39 is 0 Å². The Labute approximate surface area is 177 Å². The monoisotopic (exact) mass is 416 g/mol. The van der Waals surface area contributed by atoms with Crippen LogP contribution in [0.3, 0.4) is 0 Å². The summed E-state index contributed by atoms with van der Waals surface area (Å²) >= 11 is 6.50. The Morgan fingerprint density at radius 2 is 1.90 bits per heavy atom. The highest BCUT2D eigenvalue weighted by atomic mass is 35.5. The summed E-state index contributed by atoms with van der Waals surface area (Å²) in [6.07, 6.45) is 2.02. The molecule has 0 aliphatic carbocycles. The molecule has 1 atom stereocenters. The molecule has 29 heavy (non-hydrogen) atoms. The summed E-state index contributed by atoms with van der Waals surface area (Å²) in [7, 11) is 0. The van der Waals surface area contributed by atoms with Crippen molar-refractivity contribution in [2.45, 2.75) is 45.8 Å². The number of likely N-dealkylation sites (N-methyl/N-ethyl adjacent to an activating group) is 1. The van der Waals surface area contributed by atoms with Gasteiger partial charge in [0.1, 0.15) is 6.54 Å². The molecule has 6 nitrogen and oxygen atoms in total. The summed E-state index contributed by atoms with van der Waals surface area (Å²) in [6.45, 7) is 9.41. The Kier molecular flexibility index (Phi) is 6.22. The minimum atomic E-state index is -0.362. The number of aromatic nitrogens is 1. The molecule has 2 aromatic rings. The molecule has 156 valence electrons. The average molecular weight is 417 g/mol. The fraction of sp³-hybridized carbons (Fsp3) is 0.455. The van der Waals surface area contributed by atoms with Crippen LogP contribution in [0.4, 0.5) is 4.79 Å². The molecule has 1 aliphatic heterocycles. The molecule has 1 aromatic heterocycles. The third-order valence-electron chi connectivity index (χ3n) is 5.04. The van der Waals surface area contributed by atoms with Gasteiger partial charge in [-0.2, -0.15) is 0 Å². The Morgan fingerprint density at radius 3 is 2.55 bits per heavy atom. The first-order valence-electron chi connectivity index (χ1n) is 9.97. The van der Waals surface area contributed by atoms with Crippen LogP contribution in [0.25, 0.3) is 0 Å². The first-order valence-corrected chi connectivity index (χ1v) is 10.3. The highest BCUT2D eigenvalue weighted by molar-refractivity contribution is 6.31. The maximum atomic E-state index is 13.3. The summed E-state index contributed by atoms with van der Waals surface area (Å²) in [4.78, 5) is 29.3. The number of rotatable bonds is 4. The Morgan fingerprint density at radius 1 is 1.17 bits per heavy atom. The van der Waals surface area contributed by atoms with Gasteiger partial charge in [0.15, 0.2) is 0 Å². The second-order valence-electron chi connectivity index (χ2n) is 8.33. The van der Waals surface area contributed by atoms with E-state index in [2.05, 4.69) is 9.88 Å². The number of urea groups is 1. The normalized spacial score (nSPS) is 16.3. The minimum absolute atomic E-state index is 0.0279. The predicted octanol–water partition coefficient (Wildman–Crippen LogP) is 3.90. The van der Waals surface area contributed by atoms with Crippen molar-refractivity contribution in [2.24, 2.45) is 0 Å². The fourth-order valence-corrected chi connectivity index (χ4v) is 3.90. The summed E-state index contributed by atoms with van der Waals surface area (Å²) in [6, 6.07) is 11.1. The standard InChI is InChI=1S/C22H29ClN4O2/c1-5-25(21(29)24-22(2,3)4)15-19(28)27-14-13-26-12-8-11-18(26)20(27)16-9-6-7-10-17(16)23/h6-12,20H,5,13-15H2,1-4H3,(H,24,29)/t20-/m1/s1. The number of benzene rings is 1. The van der Waals surface area contributed by atoms with E-state index in [9.17, 15) is 9.59 Å². The zero-order valence-corrected chi connectivity index (χ0v) is 18.2. The first-order chi connectivity index (χ1) is 13.7. The number of hydrogen-bond donors (Lipinski definition) is 1. The van der Waals surface area contributed by atoms with E-state index in [1.54, 1.807) is 4.90 Å². The number of amides is 3. The molecule has 3 amide bonds. The molecule has 7 heteroatoms. The van der Waals surface area contributed by atoms with E-state index >= 15 is 0 Å². The molecule has 0 fully saturated rings. The lowest BCUT2D eigenvalue weighted by Crippen LogP contribution is -2.52.